The lowest BCUT2D eigenvalue weighted by molar-refractivity contribution is -0.140. The van der Waals surface area contributed by atoms with Gasteiger partial charge in [-0.05, 0) is 30.7 Å². The van der Waals surface area contributed by atoms with Gasteiger partial charge in [0.25, 0.3) is 0 Å². The second kappa shape index (κ2) is 7.21. The number of aryl methyl sites for hydroxylation is 1. The maximum absolute atomic E-state index is 13.7. The first-order valence-electron chi connectivity index (χ1n) is 10.0. The molecule has 0 spiro atoms. The molecule has 0 amide bonds. The van der Waals surface area contributed by atoms with E-state index in [1.54, 1.807) is 43.0 Å². The second-order valence-electron chi connectivity index (χ2n) is 7.71. The van der Waals surface area contributed by atoms with Crippen LogP contribution in [0.4, 0.5) is 13.2 Å². The molecule has 0 aliphatic carbocycles. The number of alkyl halides is 3. The molecule has 0 saturated carbocycles. The summed E-state index contributed by atoms with van der Waals surface area (Å²) in [4.78, 5) is 13.3. The first-order valence-corrected chi connectivity index (χ1v) is 11.2. The average Bonchev–Trinajstić information content (AvgIpc) is 3.48. The zero-order chi connectivity index (χ0) is 23.8. The highest BCUT2D eigenvalue weighted by molar-refractivity contribution is 7.26. The Hall–Kier alpha value is -3.57. The van der Waals surface area contributed by atoms with Gasteiger partial charge in [0.05, 0.1) is 16.7 Å². The van der Waals surface area contributed by atoms with Gasteiger partial charge in [0.15, 0.2) is 11.5 Å². The van der Waals surface area contributed by atoms with Crippen molar-refractivity contribution < 1.29 is 13.2 Å². The molecule has 7 nitrogen and oxygen atoms in total. The van der Waals surface area contributed by atoms with Crippen LogP contribution in [0.5, 0.6) is 0 Å². The van der Waals surface area contributed by atoms with Gasteiger partial charge in [0, 0.05) is 29.3 Å². The zero-order valence-corrected chi connectivity index (χ0v) is 19.2. The maximum Gasteiger partial charge on any atom is 0.433 e. The van der Waals surface area contributed by atoms with Gasteiger partial charge in [0.2, 0.25) is 0 Å². The SMILES string of the molecule is Cc1c(-c2cc(C(F)(F)F)nc3sc4c(ncn5nc(-c6ccccc6Cl)nc45)c23)cnn1C. The quantitative estimate of drug-likeness (QED) is 0.295. The van der Waals surface area contributed by atoms with E-state index in [2.05, 4.69) is 25.1 Å². The third-order valence-electron chi connectivity index (χ3n) is 5.70. The van der Waals surface area contributed by atoms with Crippen molar-refractivity contribution in [3.8, 4) is 22.5 Å². The van der Waals surface area contributed by atoms with Gasteiger partial charge in [-0.1, -0.05) is 23.7 Å². The number of nitrogens with zero attached hydrogens (tertiary/aromatic N) is 7. The topological polar surface area (TPSA) is 73.8 Å². The Morgan fingerprint density at radius 3 is 2.56 bits per heavy atom. The molecule has 0 radical (unpaired) electrons. The molecule has 6 aromatic rings. The first kappa shape index (κ1) is 21.0. The van der Waals surface area contributed by atoms with Gasteiger partial charge in [0.1, 0.15) is 21.6 Å². The van der Waals surface area contributed by atoms with Crippen LogP contribution in [0.2, 0.25) is 5.02 Å². The van der Waals surface area contributed by atoms with E-state index in [0.717, 1.165) is 23.1 Å². The molecule has 170 valence electrons. The Labute approximate surface area is 198 Å². The second-order valence-corrected chi connectivity index (χ2v) is 9.11. The number of benzene rings is 1. The lowest BCUT2D eigenvalue weighted by atomic mass is 10.0. The van der Waals surface area contributed by atoms with Crippen LogP contribution in [0, 0.1) is 6.92 Å². The van der Waals surface area contributed by atoms with E-state index in [1.165, 1.54) is 10.8 Å². The minimum Gasteiger partial charge on any atom is -0.272 e. The maximum atomic E-state index is 13.7. The summed E-state index contributed by atoms with van der Waals surface area (Å²) in [6.45, 7) is 1.80. The van der Waals surface area contributed by atoms with Gasteiger partial charge in [-0.25, -0.2) is 19.5 Å². The smallest absolute Gasteiger partial charge is 0.272 e. The predicted octanol–water partition coefficient (Wildman–Crippen LogP) is 5.94. The molecule has 0 saturated heterocycles. The van der Waals surface area contributed by atoms with Crippen LogP contribution >= 0.6 is 22.9 Å². The fourth-order valence-electron chi connectivity index (χ4n) is 3.91. The van der Waals surface area contributed by atoms with E-state index in [4.69, 9.17) is 11.6 Å². The highest BCUT2D eigenvalue weighted by Gasteiger charge is 2.35. The minimum absolute atomic E-state index is 0.214. The summed E-state index contributed by atoms with van der Waals surface area (Å²) in [6.07, 6.45) is -1.56. The van der Waals surface area contributed by atoms with Crippen molar-refractivity contribution in [1.82, 2.24) is 34.3 Å². The standard InChI is InChI=1S/C22H13ClF3N7S/c1-10-13(8-28-32(10)2)12-7-15(22(24,25)26)29-21-16(12)17-18(34-21)20-30-19(31-33(20)9-27-17)11-5-3-4-6-14(11)23/h3-9H,1-2H3. The van der Waals surface area contributed by atoms with Crippen LogP contribution in [0.25, 0.3) is 48.6 Å². The van der Waals surface area contributed by atoms with E-state index in [1.807, 2.05) is 6.07 Å². The molecule has 6 rings (SSSR count). The Morgan fingerprint density at radius 1 is 1.06 bits per heavy atom. The molecule has 0 aliphatic rings. The summed E-state index contributed by atoms with van der Waals surface area (Å²) in [5.74, 6) is 0.393. The zero-order valence-electron chi connectivity index (χ0n) is 17.6. The van der Waals surface area contributed by atoms with Gasteiger partial charge < -0.3 is 0 Å². The van der Waals surface area contributed by atoms with Crippen molar-refractivity contribution in [1.29, 1.82) is 0 Å². The van der Waals surface area contributed by atoms with Crippen LogP contribution in [0.3, 0.4) is 0 Å². The largest absolute Gasteiger partial charge is 0.433 e. The summed E-state index contributed by atoms with van der Waals surface area (Å²) in [5.41, 5.74) is 2.32. The number of fused-ring (bicyclic) bond motifs is 5. The Bertz CT molecular complexity index is 1750. The van der Waals surface area contributed by atoms with E-state index in [0.29, 0.717) is 48.8 Å². The number of aromatic nitrogens is 7. The van der Waals surface area contributed by atoms with Crippen LogP contribution in [-0.4, -0.2) is 34.3 Å². The summed E-state index contributed by atoms with van der Waals surface area (Å²) < 4.78 is 44.9. The molecular formula is C22H13ClF3N7S. The molecule has 34 heavy (non-hydrogen) atoms. The van der Waals surface area contributed by atoms with E-state index < -0.39 is 11.9 Å². The molecule has 0 aliphatic heterocycles. The third-order valence-corrected chi connectivity index (χ3v) is 7.10. The summed E-state index contributed by atoms with van der Waals surface area (Å²) in [7, 11) is 1.74. The Kier molecular flexibility index (Phi) is 4.45. The lowest BCUT2D eigenvalue weighted by Gasteiger charge is -2.10. The van der Waals surface area contributed by atoms with Crippen LogP contribution in [0.15, 0.2) is 42.9 Å². The highest BCUT2D eigenvalue weighted by Crippen LogP contribution is 2.43. The first-order chi connectivity index (χ1) is 16.2. The van der Waals surface area contributed by atoms with Crippen LogP contribution < -0.4 is 0 Å². The van der Waals surface area contributed by atoms with E-state index >= 15 is 0 Å². The summed E-state index contributed by atoms with van der Waals surface area (Å²) in [6, 6.07) is 8.22. The Balaban J connectivity index is 1.70. The van der Waals surface area contributed by atoms with Gasteiger partial charge >= 0.3 is 6.18 Å². The molecule has 0 unspecified atom stereocenters. The van der Waals surface area contributed by atoms with Crippen molar-refractivity contribution in [3.05, 3.63) is 59.3 Å². The molecule has 0 fully saturated rings. The normalized spacial score (nSPS) is 12.4. The minimum atomic E-state index is -4.61. The van der Waals surface area contributed by atoms with Crippen molar-refractivity contribution in [2.75, 3.05) is 0 Å². The molecule has 5 heterocycles. The lowest BCUT2D eigenvalue weighted by Crippen LogP contribution is -2.08. The number of thiophene rings is 1. The molecule has 0 bridgehead atoms. The van der Waals surface area contributed by atoms with Crippen molar-refractivity contribution in [2.45, 2.75) is 13.1 Å². The molecule has 0 atom stereocenters. The molecule has 1 aromatic carbocycles. The van der Waals surface area contributed by atoms with Crippen LogP contribution in [-0.2, 0) is 13.2 Å². The van der Waals surface area contributed by atoms with Crippen molar-refractivity contribution in [3.63, 3.8) is 0 Å². The fraction of sp³-hybridized carbons (Fsp3) is 0.136. The van der Waals surface area contributed by atoms with E-state index in [-0.39, 0.29) is 4.83 Å². The number of rotatable bonds is 2. The fourth-order valence-corrected chi connectivity index (χ4v) is 5.25. The van der Waals surface area contributed by atoms with Gasteiger partial charge in [-0.2, -0.15) is 18.3 Å². The predicted molar refractivity (Wildman–Crippen MR) is 124 cm³/mol. The molecule has 0 N–H and O–H groups in total. The van der Waals surface area contributed by atoms with Gasteiger partial charge in [-0.3, -0.25) is 4.68 Å². The van der Waals surface area contributed by atoms with Crippen molar-refractivity contribution in [2.24, 2.45) is 7.05 Å². The monoisotopic (exact) mass is 499 g/mol. The molecular weight excluding hydrogens is 487 g/mol. The summed E-state index contributed by atoms with van der Waals surface area (Å²) in [5, 5.41) is 9.69. The van der Waals surface area contributed by atoms with Crippen molar-refractivity contribution >= 4 is 49.0 Å². The number of hydrogen-bond acceptors (Lipinski definition) is 6. The average molecular weight is 500 g/mol. The van der Waals surface area contributed by atoms with E-state index in [9.17, 15) is 13.2 Å². The molecule has 12 heteroatoms. The highest BCUT2D eigenvalue weighted by atomic mass is 35.5. The number of halogens is 4. The van der Waals surface area contributed by atoms with Gasteiger partial charge in [-0.15, -0.1) is 16.4 Å². The van der Waals surface area contributed by atoms with Crippen LogP contribution in [0.1, 0.15) is 11.4 Å². The molecule has 5 aromatic heterocycles. The number of pyridine rings is 1. The number of hydrogen-bond donors (Lipinski definition) is 0. The summed E-state index contributed by atoms with van der Waals surface area (Å²) >= 11 is 7.41. The Morgan fingerprint density at radius 2 is 1.85 bits per heavy atom. The third kappa shape index (κ3) is 3.07.